The van der Waals surface area contributed by atoms with Crippen molar-refractivity contribution in [1.82, 2.24) is 0 Å². The number of fused-ring (bicyclic) bond motifs is 6. The first-order chi connectivity index (χ1) is 17.0. The third-order valence-corrected chi connectivity index (χ3v) is 13.7. The summed E-state index contributed by atoms with van der Waals surface area (Å²) >= 11 is 0. The zero-order chi connectivity index (χ0) is 27.0. The van der Waals surface area contributed by atoms with E-state index in [-0.39, 0.29) is 56.8 Å². The van der Waals surface area contributed by atoms with Gasteiger partial charge in [-0.25, -0.2) is 0 Å². The Labute approximate surface area is 222 Å². The molecule has 0 aromatic heterocycles. The monoisotopic (exact) mass is 510 g/mol. The van der Waals surface area contributed by atoms with Crippen molar-refractivity contribution >= 4 is 17.7 Å². The van der Waals surface area contributed by atoms with Crippen molar-refractivity contribution in [2.45, 2.75) is 125 Å². The Bertz CT molecular complexity index is 1140. The molecule has 204 valence electrons. The number of hydrogen-bond acceptors (Lipinski definition) is 5. The Kier molecular flexibility index (Phi) is 4.92. The lowest BCUT2D eigenvalue weighted by atomic mass is 9.33. The highest BCUT2D eigenvalue weighted by Crippen LogP contribution is 2.77. The number of hydrogen-bond donors (Lipinski definition) is 0. The zero-order valence-electron chi connectivity index (χ0n) is 24.2. The first-order valence-corrected chi connectivity index (χ1v) is 14.7. The summed E-state index contributed by atoms with van der Waals surface area (Å²) in [6.07, 6.45) is 10.2. The fourth-order valence-corrected chi connectivity index (χ4v) is 11.3. The molecule has 5 heteroatoms. The summed E-state index contributed by atoms with van der Waals surface area (Å²) in [4.78, 5) is 39.6. The van der Waals surface area contributed by atoms with E-state index in [0.29, 0.717) is 12.3 Å². The molecule has 6 rings (SSSR count). The van der Waals surface area contributed by atoms with E-state index in [0.717, 1.165) is 56.9 Å². The molecule has 0 amide bonds. The molecule has 6 aliphatic rings. The number of ether oxygens (including phenoxy) is 2. The Balaban J connectivity index is 1.47. The molecule has 1 aliphatic heterocycles. The largest absolute Gasteiger partial charge is 0.462 e. The molecule has 9 unspecified atom stereocenters. The van der Waals surface area contributed by atoms with Crippen LogP contribution >= 0.6 is 0 Å². The normalized spacial score (nSPS) is 53.6. The van der Waals surface area contributed by atoms with Crippen LogP contribution in [0.4, 0.5) is 0 Å². The lowest BCUT2D eigenvalue weighted by molar-refractivity contribution is -0.217. The molecule has 1 saturated heterocycles. The summed E-state index contributed by atoms with van der Waals surface area (Å²) in [5.41, 5.74) is -0.841. The molecule has 5 fully saturated rings. The highest BCUT2D eigenvalue weighted by atomic mass is 16.6. The van der Waals surface area contributed by atoms with E-state index < -0.39 is 11.0 Å². The van der Waals surface area contributed by atoms with Crippen LogP contribution in [0.1, 0.15) is 113 Å². The summed E-state index contributed by atoms with van der Waals surface area (Å²) in [5.74, 6) is 0.164. The first kappa shape index (κ1) is 25.6. The average Bonchev–Trinajstić information content (AvgIpc) is 3.02. The molecular formula is C32H46O5. The Hall–Kier alpha value is -1.65. The highest BCUT2D eigenvalue weighted by Gasteiger charge is 2.76. The first-order valence-electron chi connectivity index (χ1n) is 14.7. The predicted molar refractivity (Wildman–Crippen MR) is 140 cm³/mol. The van der Waals surface area contributed by atoms with Gasteiger partial charge in [0, 0.05) is 30.1 Å². The van der Waals surface area contributed by atoms with E-state index in [1.165, 1.54) is 6.92 Å². The number of allylic oxidation sites excluding steroid dienone is 1. The van der Waals surface area contributed by atoms with Gasteiger partial charge in [0.15, 0.2) is 5.78 Å². The minimum absolute atomic E-state index is 0.0673. The van der Waals surface area contributed by atoms with E-state index in [4.69, 9.17) is 9.47 Å². The SMILES string of the molecule is CC(=O)OC1CCC2(C)C(CCC3(C)C2C(=O)C=C2C3(C)CCC3(C)CCC4(C)CC23OC4=O)C1(C)C. The van der Waals surface area contributed by atoms with E-state index in [1.54, 1.807) is 0 Å². The van der Waals surface area contributed by atoms with Gasteiger partial charge in [-0.2, -0.15) is 0 Å². The van der Waals surface area contributed by atoms with Crippen molar-refractivity contribution in [2.24, 2.45) is 44.3 Å². The van der Waals surface area contributed by atoms with Crippen LogP contribution < -0.4 is 0 Å². The number of carbonyl (C=O) groups is 3. The van der Waals surface area contributed by atoms with Gasteiger partial charge in [0.2, 0.25) is 0 Å². The van der Waals surface area contributed by atoms with Gasteiger partial charge in [-0.05, 0) is 92.1 Å². The van der Waals surface area contributed by atoms with Crippen LogP contribution in [0, 0.1) is 44.3 Å². The zero-order valence-corrected chi connectivity index (χ0v) is 24.2. The van der Waals surface area contributed by atoms with Crippen LogP contribution in [-0.4, -0.2) is 29.4 Å². The molecule has 2 bridgehead atoms. The summed E-state index contributed by atoms with van der Waals surface area (Å²) < 4.78 is 12.3. The van der Waals surface area contributed by atoms with Gasteiger partial charge in [-0.1, -0.05) is 41.5 Å². The Morgan fingerprint density at radius 1 is 0.919 bits per heavy atom. The molecule has 37 heavy (non-hydrogen) atoms. The number of ketones is 1. The van der Waals surface area contributed by atoms with E-state index in [2.05, 4.69) is 48.5 Å². The standard InChI is InChI=1S/C32H46O5/c1-19(33)36-23-10-11-29(6)21(26(23,2)3)9-12-31(8)24(29)20(34)17-22-30(31,7)16-15-28(5)14-13-27(4)18-32(22,28)37-25(27)35/h17,21,23-24H,9-16,18H2,1-8H3. The third-order valence-electron chi connectivity index (χ3n) is 13.7. The third kappa shape index (κ3) is 2.80. The van der Waals surface area contributed by atoms with Gasteiger partial charge in [0.25, 0.3) is 0 Å². The van der Waals surface area contributed by atoms with Crippen molar-refractivity contribution in [1.29, 1.82) is 0 Å². The van der Waals surface area contributed by atoms with Crippen molar-refractivity contribution in [3.63, 3.8) is 0 Å². The molecule has 9 atom stereocenters. The lowest BCUT2D eigenvalue weighted by Crippen LogP contribution is -2.69. The quantitative estimate of drug-likeness (QED) is 0.373. The van der Waals surface area contributed by atoms with Crippen LogP contribution in [-0.2, 0) is 23.9 Å². The van der Waals surface area contributed by atoms with Gasteiger partial charge in [0.1, 0.15) is 11.7 Å². The van der Waals surface area contributed by atoms with Gasteiger partial charge in [-0.15, -0.1) is 0 Å². The van der Waals surface area contributed by atoms with E-state index in [9.17, 15) is 14.4 Å². The molecule has 0 aromatic carbocycles. The van der Waals surface area contributed by atoms with Crippen molar-refractivity contribution in [3.05, 3.63) is 11.6 Å². The average molecular weight is 511 g/mol. The second kappa shape index (κ2) is 7.10. The summed E-state index contributed by atoms with van der Waals surface area (Å²) in [6, 6.07) is 0. The highest BCUT2D eigenvalue weighted by molar-refractivity contribution is 5.96. The number of carbonyl (C=O) groups excluding carboxylic acids is 3. The van der Waals surface area contributed by atoms with Crippen LogP contribution in [0.15, 0.2) is 11.6 Å². The van der Waals surface area contributed by atoms with Crippen LogP contribution in [0.3, 0.4) is 0 Å². The summed E-state index contributed by atoms with van der Waals surface area (Å²) in [5, 5.41) is 0. The maximum atomic E-state index is 14.5. The Morgan fingerprint density at radius 3 is 2.27 bits per heavy atom. The molecule has 5 aliphatic carbocycles. The summed E-state index contributed by atoms with van der Waals surface area (Å²) in [6.45, 7) is 17.5. The molecule has 1 heterocycles. The molecule has 0 radical (unpaired) electrons. The van der Waals surface area contributed by atoms with Crippen LogP contribution in [0.25, 0.3) is 0 Å². The van der Waals surface area contributed by atoms with Gasteiger partial charge in [0.05, 0.1) is 5.41 Å². The van der Waals surface area contributed by atoms with E-state index >= 15 is 0 Å². The molecule has 4 saturated carbocycles. The molecule has 0 N–H and O–H groups in total. The maximum Gasteiger partial charge on any atom is 0.312 e. The van der Waals surface area contributed by atoms with Crippen LogP contribution in [0.2, 0.25) is 0 Å². The van der Waals surface area contributed by atoms with Crippen molar-refractivity contribution in [2.75, 3.05) is 0 Å². The predicted octanol–water partition coefficient (Wildman–Crippen LogP) is 6.58. The molecule has 5 nitrogen and oxygen atoms in total. The number of rotatable bonds is 1. The fourth-order valence-electron chi connectivity index (χ4n) is 11.3. The van der Waals surface area contributed by atoms with Crippen LogP contribution in [0.5, 0.6) is 0 Å². The second-order valence-electron chi connectivity index (χ2n) is 15.7. The van der Waals surface area contributed by atoms with Gasteiger partial charge < -0.3 is 9.47 Å². The topological polar surface area (TPSA) is 69.7 Å². The molecular weight excluding hydrogens is 464 g/mol. The molecule has 0 aromatic rings. The Morgan fingerprint density at radius 2 is 1.59 bits per heavy atom. The maximum absolute atomic E-state index is 14.5. The van der Waals surface area contributed by atoms with Gasteiger partial charge >= 0.3 is 11.9 Å². The minimum Gasteiger partial charge on any atom is -0.462 e. The van der Waals surface area contributed by atoms with E-state index in [1.807, 2.05) is 6.08 Å². The van der Waals surface area contributed by atoms with Crippen molar-refractivity contribution in [3.8, 4) is 0 Å². The molecule has 1 spiro atoms. The fraction of sp³-hybridized carbons (Fsp3) is 0.844. The number of esters is 2. The minimum atomic E-state index is -0.655. The second-order valence-corrected chi connectivity index (χ2v) is 15.7. The lowest BCUT2D eigenvalue weighted by Gasteiger charge is -2.71. The smallest absolute Gasteiger partial charge is 0.312 e. The summed E-state index contributed by atoms with van der Waals surface area (Å²) in [7, 11) is 0. The van der Waals surface area contributed by atoms with Crippen molar-refractivity contribution < 1.29 is 23.9 Å². The van der Waals surface area contributed by atoms with Gasteiger partial charge in [-0.3, -0.25) is 14.4 Å².